The van der Waals surface area contributed by atoms with Crippen LogP contribution in [0.1, 0.15) is 0 Å². The maximum atomic E-state index is 9.01. The number of carboxylic acid groups (broad SMARTS) is 1. The summed E-state index contributed by atoms with van der Waals surface area (Å²) in [6.07, 6.45) is 0. The molecular weight excluding hydrogens is 79.0 g/mol. The van der Waals surface area contributed by atoms with Crippen molar-refractivity contribution in [2.45, 2.75) is 0 Å². The summed E-state index contributed by atoms with van der Waals surface area (Å²) in [4.78, 5) is 9.01. The molecule has 0 amide bonds. The Morgan fingerprint density at radius 3 is 2.00 bits per heavy atom. The van der Waals surface area contributed by atoms with Crippen LogP contribution in [0.25, 0.3) is 0 Å². The molecule has 0 bridgehead atoms. The molecule has 0 saturated heterocycles. The summed E-state index contributed by atoms with van der Waals surface area (Å²) in [6, 6.07) is 0. The first kappa shape index (κ1) is 9.39. The van der Waals surface area contributed by atoms with Gasteiger partial charge in [-0.25, -0.2) is 0 Å². The minimum atomic E-state index is -1.44. The van der Waals surface area contributed by atoms with Gasteiger partial charge in [0.2, 0.25) is 0 Å². The molecule has 0 aliphatic carbocycles. The van der Waals surface area contributed by atoms with Crippen molar-refractivity contribution in [1.29, 1.82) is 0 Å². The van der Waals surface area contributed by atoms with Crippen LogP contribution in [0, 0.1) is 0 Å². The number of aliphatic carboxylic acids is 1. The zero-order chi connectivity index (χ0) is 4.28. The summed E-state index contributed by atoms with van der Waals surface area (Å²) in [5, 5.41) is 16.5. The van der Waals surface area contributed by atoms with Gasteiger partial charge in [-0.2, -0.15) is 0 Å². The summed E-state index contributed by atoms with van der Waals surface area (Å²) in [6.45, 7) is -0.889. The molecule has 0 spiro atoms. The van der Waals surface area contributed by atoms with Gasteiger partial charge in [0.05, 0.1) is 12.6 Å². The van der Waals surface area contributed by atoms with Gasteiger partial charge in [-0.05, 0) is 0 Å². The molecule has 0 atom stereocenters. The Hall–Kier alpha value is 0.0274. The van der Waals surface area contributed by atoms with Gasteiger partial charge >= 0.3 is 18.9 Å². The summed E-state index contributed by atoms with van der Waals surface area (Å²) < 4.78 is 0. The van der Waals surface area contributed by atoms with Crippen LogP contribution < -0.4 is 24.0 Å². The maximum Gasteiger partial charge on any atom is 1.00 e. The van der Waals surface area contributed by atoms with Crippen LogP contribution in [0.5, 0.6) is 0 Å². The van der Waals surface area contributed by atoms with E-state index in [1.807, 2.05) is 0 Å². The number of hydrogen-bond acceptors (Lipinski definition) is 3. The third-order valence-electron chi connectivity index (χ3n) is 0.129. The van der Waals surface area contributed by atoms with Gasteiger partial charge in [0.1, 0.15) is 0 Å². The second-order valence-corrected chi connectivity index (χ2v) is 0.530. The number of rotatable bonds is 1. The molecule has 3 nitrogen and oxygen atoms in total. The smallest absolute Gasteiger partial charge is 0.548 e. The van der Waals surface area contributed by atoms with Gasteiger partial charge in [0, 0.05) is 0 Å². The van der Waals surface area contributed by atoms with Crippen molar-refractivity contribution in [2.75, 3.05) is 6.61 Å². The molecule has 0 rings (SSSR count). The van der Waals surface area contributed by atoms with Crippen LogP contribution in [0.15, 0.2) is 0 Å². The summed E-state index contributed by atoms with van der Waals surface area (Å²) in [5.41, 5.74) is 0. The molecule has 0 unspecified atom stereocenters. The molecule has 0 aliphatic rings. The average molecular weight is 82.0 g/mol. The second kappa shape index (κ2) is 5.03. The van der Waals surface area contributed by atoms with E-state index in [1.165, 1.54) is 0 Å². The molecule has 30 valence electrons. The Kier molecular flexibility index (Phi) is 7.87. The van der Waals surface area contributed by atoms with E-state index >= 15 is 0 Å². The first-order valence-electron chi connectivity index (χ1n) is 1.08. The quantitative estimate of drug-likeness (QED) is 0.321. The molecule has 1 N–H and O–H groups in total. The molecule has 0 fully saturated rings. The van der Waals surface area contributed by atoms with Gasteiger partial charge in [-0.1, -0.05) is 0 Å². The van der Waals surface area contributed by atoms with Crippen molar-refractivity contribution in [3.05, 3.63) is 0 Å². The maximum absolute atomic E-state index is 9.01. The normalized spacial score (nSPS) is 6.17. The third-order valence-corrected chi connectivity index (χ3v) is 0.129. The number of carbonyl (C=O) groups excluding carboxylic acids is 1. The van der Waals surface area contributed by atoms with E-state index in [0.717, 1.165) is 0 Å². The standard InChI is InChI=1S/C2H4O3.Li/c3-1-2(4)5;/h3H,1H2,(H,4,5);/q;+1/p-1. The Bertz CT molecular complexity index is 44.1. The van der Waals surface area contributed by atoms with E-state index in [1.54, 1.807) is 0 Å². The predicted octanol–water partition coefficient (Wildman–Crippen LogP) is -5.27. The molecule has 6 heavy (non-hydrogen) atoms. The SMILES string of the molecule is O=C([O-])CO.[Li+]. The van der Waals surface area contributed by atoms with Crippen molar-refractivity contribution in [3.8, 4) is 0 Å². The Morgan fingerprint density at radius 1 is 1.83 bits per heavy atom. The fourth-order valence-corrected chi connectivity index (χ4v) is 0. The Labute approximate surface area is 47.2 Å². The topological polar surface area (TPSA) is 60.4 Å². The van der Waals surface area contributed by atoms with Gasteiger partial charge in [0.15, 0.2) is 0 Å². The number of aliphatic hydroxyl groups excluding tert-OH is 1. The monoisotopic (exact) mass is 82.0 g/mol. The van der Waals surface area contributed by atoms with Crippen LogP contribution in [0.3, 0.4) is 0 Å². The molecule has 0 heterocycles. The van der Waals surface area contributed by atoms with Crippen LogP contribution in [-0.2, 0) is 4.79 Å². The van der Waals surface area contributed by atoms with Crippen LogP contribution >= 0.6 is 0 Å². The first-order valence-corrected chi connectivity index (χ1v) is 1.08. The van der Waals surface area contributed by atoms with Gasteiger partial charge in [-0.15, -0.1) is 0 Å². The van der Waals surface area contributed by atoms with Gasteiger partial charge in [-0.3, -0.25) is 0 Å². The number of hydrogen-bond donors (Lipinski definition) is 1. The van der Waals surface area contributed by atoms with Crippen molar-refractivity contribution in [1.82, 2.24) is 0 Å². The largest absolute Gasteiger partial charge is 1.00 e. The molecule has 0 saturated carbocycles. The zero-order valence-corrected chi connectivity index (χ0v) is 3.47. The predicted molar refractivity (Wildman–Crippen MR) is 12.1 cm³/mol. The second-order valence-electron chi connectivity index (χ2n) is 0.530. The number of carbonyl (C=O) groups is 1. The van der Waals surface area contributed by atoms with E-state index in [0.29, 0.717) is 0 Å². The average Bonchev–Trinajstić information content (AvgIpc) is 1.38. The minimum absolute atomic E-state index is 0. The molecule has 0 radical (unpaired) electrons. The minimum Gasteiger partial charge on any atom is -0.548 e. The third kappa shape index (κ3) is 8.98. The van der Waals surface area contributed by atoms with Gasteiger partial charge in [0.25, 0.3) is 0 Å². The Morgan fingerprint density at radius 2 is 2.00 bits per heavy atom. The molecule has 0 aliphatic heterocycles. The van der Waals surface area contributed by atoms with Crippen LogP contribution in [0.4, 0.5) is 0 Å². The van der Waals surface area contributed by atoms with E-state index in [2.05, 4.69) is 0 Å². The van der Waals surface area contributed by atoms with Crippen molar-refractivity contribution in [2.24, 2.45) is 0 Å². The molecule has 0 aromatic carbocycles. The molecule has 4 heteroatoms. The zero-order valence-electron chi connectivity index (χ0n) is 3.47. The van der Waals surface area contributed by atoms with Gasteiger partial charge < -0.3 is 15.0 Å². The number of aliphatic hydroxyl groups is 1. The summed E-state index contributed by atoms with van der Waals surface area (Å²) in [7, 11) is 0. The summed E-state index contributed by atoms with van der Waals surface area (Å²) in [5.74, 6) is -1.44. The van der Waals surface area contributed by atoms with Crippen molar-refractivity contribution >= 4 is 5.97 Å². The van der Waals surface area contributed by atoms with E-state index in [4.69, 9.17) is 15.0 Å². The molecule has 0 aromatic rings. The van der Waals surface area contributed by atoms with Crippen LogP contribution in [0.2, 0.25) is 0 Å². The van der Waals surface area contributed by atoms with Crippen molar-refractivity contribution in [3.63, 3.8) is 0 Å². The fourth-order valence-electron chi connectivity index (χ4n) is 0. The first-order chi connectivity index (χ1) is 2.27. The van der Waals surface area contributed by atoms with E-state index in [9.17, 15) is 0 Å². The number of carboxylic acids is 1. The molecular formula is C2H3LiO3. The van der Waals surface area contributed by atoms with E-state index in [-0.39, 0.29) is 18.9 Å². The Balaban J connectivity index is 0. The van der Waals surface area contributed by atoms with Crippen LogP contribution in [-0.4, -0.2) is 17.7 Å². The van der Waals surface area contributed by atoms with E-state index < -0.39 is 12.6 Å². The van der Waals surface area contributed by atoms with Crippen molar-refractivity contribution < 1.29 is 33.9 Å². The summed E-state index contributed by atoms with van der Waals surface area (Å²) >= 11 is 0. The molecule has 0 aromatic heterocycles. The fraction of sp³-hybridized carbons (Fsp3) is 0.500.